The van der Waals surface area contributed by atoms with Gasteiger partial charge in [-0.05, 0) is 66.5 Å². The highest BCUT2D eigenvalue weighted by Gasteiger charge is 2.22. The lowest BCUT2D eigenvalue weighted by atomic mass is 10.2. The van der Waals surface area contributed by atoms with E-state index < -0.39 is 0 Å². The molecule has 0 heterocycles. The molecule has 0 unspecified atom stereocenters. The van der Waals surface area contributed by atoms with Crippen molar-refractivity contribution in [2.45, 2.75) is 19.8 Å². The van der Waals surface area contributed by atoms with Gasteiger partial charge in [0, 0.05) is 0 Å². The van der Waals surface area contributed by atoms with E-state index in [1.54, 1.807) is 19.1 Å². The van der Waals surface area contributed by atoms with E-state index in [0.29, 0.717) is 18.1 Å². The van der Waals surface area contributed by atoms with Crippen LogP contribution in [0.5, 0.6) is 5.75 Å². The molecule has 0 N–H and O–H groups in total. The van der Waals surface area contributed by atoms with Gasteiger partial charge in [0.2, 0.25) is 0 Å². The molecule has 1 aromatic rings. The molecule has 1 saturated carbocycles. The third kappa shape index (κ3) is 3.59. The summed E-state index contributed by atoms with van der Waals surface area (Å²) in [5.74, 6) is 1.19. The van der Waals surface area contributed by atoms with Gasteiger partial charge >= 0.3 is 5.97 Å². The maximum absolute atomic E-state index is 11.6. The summed E-state index contributed by atoms with van der Waals surface area (Å²) in [4.78, 5) is 11.6. The minimum Gasteiger partial charge on any atom is -0.492 e. The number of ether oxygens (including phenoxy) is 2. The molecule has 0 aliphatic heterocycles. The van der Waals surface area contributed by atoms with Crippen molar-refractivity contribution in [3.05, 3.63) is 27.3 Å². The van der Waals surface area contributed by atoms with Gasteiger partial charge in [0.1, 0.15) is 5.75 Å². The van der Waals surface area contributed by atoms with Crippen LogP contribution in [0.1, 0.15) is 30.1 Å². The first-order valence-corrected chi connectivity index (χ1v) is 6.88. The Morgan fingerprint density at radius 2 is 2.24 bits per heavy atom. The Balaban J connectivity index is 2.07. The van der Waals surface area contributed by atoms with E-state index >= 15 is 0 Å². The SMILES string of the molecule is CCOC(=O)c1ccc(I)c(OCC2CC2)c1. The Hall–Kier alpha value is -0.780. The summed E-state index contributed by atoms with van der Waals surface area (Å²) in [6.07, 6.45) is 2.52. The molecule has 1 aliphatic rings. The zero-order chi connectivity index (χ0) is 12.3. The van der Waals surface area contributed by atoms with Crippen molar-refractivity contribution in [3.8, 4) is 5.75 Å². The zero-order valence-electron chi connectivity index (χ0n) is 9.74. The van der Waals surface area contributed by atoms with Crippen LogP contribution in [0.4, 0.5) is 0 Å². The average molecular weight is 346 g/mol. The van der Waals surface area contributed by atoms with Gasteiger partial charge in [-0.3, -0.25) is 0 Å². The van der Waals surface area contributed by atoms with E-state index in [4.69, 9.17) is 9.47 Å². The molecule has 0 saturated heterocycles. The highest BCUT2D eigenvalue weighted by atomic mass is 127. The number of halogens is 1. The van der Waals surface area contributed by atoms with Gasteiger partial charge in [0.05, 0.1) is 22.3 Å². The van der Waals surface area contributed by atoms with Crippen LogP contribution in [0.2, 0.25) is 0 Å². The summed E-state index contributed by atoms with van der Waals surface area (Å²) in [5.41, 5.74) is 0.554. The molecule has 3 nitrogen and oxygen atoms in total. The fourth-order valence-electron chi connectivity index (χ4n) is 1.45. The molecule has 1 aliphatic carbocycles. The second-order valence-corrected chi connectivity index (χ2v) is 5.28. The average Bonchev–Trinajstić information content (AvgIpc) is 3.12. The minimum atomic E-state index is -0.292. The molecule has 0 bridgehead atoms. The van der Waals surface area contributed by atoms with Crippen LogP contribution in [-0.4, -0.2) is 19.2 Å². The molecule has 0 spiro atoms. The predicted molar refractivity (Wildman–Crippen MR) is 73.3 cm³/mol. The zero-order valence-corrected chi connectivity index (χ0v) is 11.9. The van der Waals surface area contributed by atoms with Crippen molar-refractivity contribution < 1.29 is 14.3 Å². The summed E-state index contributed by atoms with van der Waals surface area (Å²) >= 11 is 2.21. The van der Waals surface area contributed by atoms with Crippen LogP contribution in [0, 0.1) is 9.49 Å². The molecule has 92 valence electrons. The van der Waals surface area contributed by atoms with Gasteiger partial charge in [-0.1, -0.05) is 0 Å². The van der Waals surface area contributed by atoms with Crippen LogP contribution in [-0.2, 0) is 4.74 Å². The summed E-state index contributed by atoms with van der Waals surface area (Å²) in [6.45, 7) is 2.94. The van der Waals surface area contributed by atoms with Gasteiger partial charge in [-0.2, -0.15) is 0 Å². The van der Waals surface area contributed by atoms with Crippen molar-refractivity contribution in [1.29, 1.82) is 0 Å². The molecular weight excluding hydrogens is 331 g/mol. The molecule has 2 rings (SSSR count). The molecule has 0 atom stereocenters. The first kappa shape index (κ1) is 12.7. The Morgan fingerprint density at radius 1 is 1.47 bits per heavy atom. The van der Waals surface area contributed by atoms with E-state index in [1.807, 2.05) is 6.07 Å². The van der Waals surface area contributed by atoms with Crippen molar-refractivity contribution in [2.24, 2.45) is 5.92 Å². The van der Waals surface area contributed by atoms with Gasteiger partial charge in [-0.15, -0.1) is 0 Å². The molecule has 1 aromatic carbocycles. The van der Waals surface area contributed by atoms with Gasteiger partial charge in [0.15, 0.2) is 0 Å². The van der Waals surface area contributed by atoms with E-state index in [1.165, 1.54) is 12.8 Å². The number of hydrogen-bond donors (Lipinski definition) is 0. The summed E-state index contributed by atoms with van der Waals surface area (Å²) in [5, 5.41) is 0. The summed E-state index contributed by atoms with van der Waals surface area (Å²) < 4.78 is 11.7. The standard InChI is InChI=1S/C13H15IO3/c1-2-16-13(15)10-5-6-11(14)12(7-10)17-8-9-3-4-9/h5-7,9H,2-4,8H2,1H3. The quantitative estimate of drug-likeness (QED) is 0.607. The number of esters is 1. The maximum atomic E-state index is 11.6. The second kappa shape index (κ2) is 5.71. The Kier molecular flexibility index (Phi) is 4.25. The minimum absolute atomic E-state index is 0.292. The number of carbonyl (C=O) groups is 1. The highest BCUT2D eigenvalue weighted by molar-refractivity contribution is 14.1. The van der Waals surface area contributed by atoms with Crippen LogP contribution in [0.15, 0.2) is 18.2 Å². The molecule has 0 aromatic heterocycles. The second-order valence-electron chi connectivity index (χ2n) is 4.12. The van der Waals surface area contributed by atoms with E-state index in [0.717, 1.165) is 15.9 Å². The van der Waals surface area contributed by atoms with Crippen molar-refractivity contribution >= 4 is 28.6 Å². The third-order valence-electron chi connectivity index (χ3n) is 2.61. The van der Waals surface area contributed by atoms with Crippen LogP contribution in [0.25, 0.3) is 0 Å². The topological polar surface area (TPSA) is 35.5 Å². The molecule has 4 heteroatoms. The highest BCUT2D eigenvalue weighted by Crippen LogP contribution is 2.31. The number of carbonyl (C=O) groups excluding carboxylic acids is 1. The Morgan fingerprint density at radius 3 is 2.88 bits per heavy atom. The van der Waals surface area contributed by atoms with Crippen molar-refractivity contribution in [2.75, 3.05) is 13.2 Å². The van der Waals surface area contributed by atoms with Crippen LogP contribution in [0.3, 0.4) is 0 Å². The maximum Gasteiger partial charge on any atom is 0.338 e. The monoisotopic (exact) mass is 346 g/mol. The van der Waals surface area contributed by atoms with E-state index in [-0.39, 0.29) is 5.97 Å². The number of hydrogen-bond acceptors (Lipinski definition) is 3. The Labute approximate surface area is 115 Å². The lowest BCUT2D eigenvalue weighted by molar-refractivity contribution is 0.0526. The molecule has 17 heavy (non-hydrogen) atoms. The molecule has 1 fully saturated rings. The van der Waals surface area contributed by atoms with Crippen molar-refractivity contribution in [3.63, 3.8) is 0 Å². The predicted octanol–water partition coefficient (Wildman–Crippen LogP) is 3.26. The third-order valence-corrected chi connectivity index (χ3v) is 3.50. The number of rotatable bonds is 5. The molecule has 0 radical (unpaired) electrons. The number of benzene rings is 1. The lowest BCUT2D eigenvalue weighted by Gasteiger charge is -2.09. The first-order valence-electron chi connectivity index (χ1n) is 5.80. The fraction of sp³-hybridized carbons (Fsp3) is 0.462. The summed E-state index contributed by atoms with van der Waals surface area (Å²) in [7, 11) is 0. The smallest absolute Gasteiger partial charge is 0.338 e. The van der Waals surface area contributed by atoms with E-state index in [2.05, 4.69) is 22.6 Å². The normalized spacial score (nSPS) is 14.5. The van der Waals surface area contributed by atoms with Gasteiger partial charge in [-0.25, -0.2) is 4.79 Å². The van der Waals surface area contributed by atoms with Crippen LogP contribution < -0.4 is 4.74 Å². The van der Waals surface area contributed by atoms with Gasteiger partial charge in [0.25, 0.3) is 0 Å². The Bertz CT molecular complexity index is 413. The van der Waals surface area contributed by atoms with Crippen LogP contribution >= 0.6 is 22.6 Å². The van der Waals surface area contributed by atoms with Gasteiger partial charge < -0.3 is 9.47 Å². The van der Waals surface area contributed by atoms with E-state index in [9.17, 15) is 4.79 Å². The summed E-state index contributed by atoms with van der Waals surface area (Å²) in [6, 6.07) is 5.42. The first-order chi connectivity index (χ1) is 8.20. The molecule has 0 amide bonds. The lowest BCUT2D eigenvalue weighted by Crippen LogP contribution is -2.06. The van der Waals surface area contributed by atoms with Crippen molar-refractivity contribution in [1.82, 2.24) is 0 Å². The largest absolute Gasteiger partial charge is 0.492 e. The molecular formula is C13H15IO3. The fourth-order valence-corrected chi connectivity index (χ4v) is 1.94.